The Morgan fingerprint density at radius 3 is 2.38 bits per heavy atom. The molecule has 8 nitrogen and oxygen atoms in total. The van der Waals surface area contributed by atoms with Gasteiger partial charge in [0, 0.05) is 18.3 Å². The number of halogens is 3. The van der Waals surface area contributed by atoms with Crippen molar-refractivity contribution in [2.45, 2.75) is 69.8 Å². The summed E-state index contributed by atoms with van der Waals surface area (Å²) in [7, 11) is 2.11. The smallest absolute Gasteiger partial charge is 0.448 e. The highest BCUT2D eigenvalue weighted by molar-refractivity contribution is 5.95. The minimum absolute atomic E-state index is 0.121. The van der Waals surface area contributed by atoms with Crippen molar-refractivity contribution in [3.63, 3.8) is 0 Å². The molecule has 5 aliphatic rings. The van der Waals surface area contributed by atoms with Crippen LogP contribution in [-0.4, -0.2) is 50.0 Å². The van der Waals surface area contributed by atoms with Gasteiger partial charge in [-0.05, 0) is 44.1 Å². The van der Waals surface area contributed by atoms with Crippen LogP contribution in [0.15, 0.2) is 11.3 Å². The predicted molar refractivity (Wildman–Crippen MR) is 99.1 cm³/mol. The van der Waals surface area contributed by atoms with Crippen LogP contribution >= 0.6 is 0 Å². The fourth-order valence-electron chi connectivity index (χ4n) is 5.74. The van der Waals surface area contributed by atoms with Gasteiger partial charge in [-0.25, -0.2) is 9.78 Å². The van der Waals surface area contributed by atoms with E-state index in [1.165, 1.54) is 0 Å². The van der Waals surface area contributed by atoms with Gasteiger partial charge in [0.1, 0.15) is 0 Å². The van der Waals surface area contributed by atoms with Gasteiger partial charge in [0.05, 0.1) is 14.2 Å². The first-order valence-electron chi connectivity index (χ1n) is 10.6. The topological polar surface area (TPSA) is 89.5 Å². The summed E-state index contributed by atoms with van der Waals surface area (Å²) in [5.74, 6) is -6.96. The molecule has 4 aliphatic heterocycles. The Balaban J connectivity index is 1.85. The molecule has 0 N–H and O–H groups in total. The lowest BCUT2D eigenvalue weighted by atomic mass is 9.58. The second-order valence-corrected chi connectivity index (χ2v) is 9.13. The number of esters is 2. The van der Waals surface area contributed by atoms with Crippen LogP contribution in [0.4, 0.5) is 13.2 Å². The number of methoxy groups -OCH3 is 2. The Kier molecular flexibility index (Phi) is 5.74. The molecular weight excluding hydrogens is 437 g/mol. The molecule has 5 rings (SSSR count). The summed E-state index contributed by atoms with van der Waals surface area (Å²) in [6.45, 7) is 3.63. The summed E-state index contributed by atoms with van der Waals surface area (Å²) in [4.78, 5) is 36.0. The molecular formula is C21H27F3O8. The normalized spacial score (nSPS) is 38.6. The quantitative estimate of drug-likeness (QED) is 0.355. The molecule has 0 amide bonds. The van der Waals surface area contributed by atoms with Gasteiger partial charge in [-0.1, -0.05) is 6.92 Å². The molecule has 2 bridgehead atoms. The van der Waals surface area contributed by atoms with Gasteiger partial charge in [-0.3, -0.25) is 9.59 Å². The summed E-state index contributed by atoms with van der Waals surface area (Å²) in [6, 6.07) is 0. The van der Waals surface area contributed by atoms with Crippen LogP contribution in [0.25, 0.3) is 0 Å². The predicted octanol–water partition coefficient (Wildman–Crippen LogP) is 3.40. The molecule has 0 aromatic carbocycles. The number of fused-ring (bicyclic) bond motifs is 2. The third-order valence-corrected chi connectivity index (χ3v) is 7.31. The number of hydrogen-bond donors (Lipinski definition) is 0. The van der Waals surface area contributed by atoms with Crippen molar-refractivity contribution in [3.8, 4) is 0 Å². The molecule has 4 fully saturated rings. The van der Waals surface area contributed by atoms with Gasteiger partial charge in [-0.2, -0.15) is 13.2 Å². The molecule has 4 heterocycles. The highest BCUT2D eigenvalue weighted by atomic mass is 19.4. The second-order valence-electron chi connectivity index (χ2n) is 9.13. The first-order chi connectivity index (χ1) is 15.0. The van der Waals surface area contributed by atoms with Gasteiger partial charge < -0.3 is 18.9 Å². The molecule has 1 aliphatic carbocycles. The Hall–Kier alpha value is -1.85. The van der Waals surface area contributed by atoms with E-state index in [0.29, 0.717) is 25.7 Å². The zero-order chi connectivity index (χ0) is 23.5. The number of ether oxygens (including phenoxy) is 4. The minimum atomic E-state index is -4.87. The monoisotopic (exact) mass is 464 g/mol. The van der Waals surface area contributed by atoms with E-state index in [2.05, 4.69) is 9.47 Å². The van der Waals surface area contributed by atoms with Crippen molar-refractivity contribution in [2.24, 2.45) is 23.7 Å². The molecule has 0 radical (unpaired) electrons. The number of hydrogen-bond acceptors (Lipinski definition) is 8. The molecule has 0 aromatic rings. The molecule has 180 valence electrons. The van der Waals surface area contributed by atoms with Crippen molar-refractivity contribution in [1.29, 1.82) is 0 Å². The molecule has 32 heavy (non-hydrogen) atoms. The number of allylic oxidation sites excluding steroid dienone is 1. The van der Waals surface area contributed by atoms with E-state index in [1.54, 1.807) is 6.92 Å². The molecule has 1 spiro atoms. The summed E-state index contributed by atoms with van der Waals surface area (Å²) in [5, 5.41) is 0. The van der Waals surface area contributed by atoms with Crippen LogP contribution in [0.5, 0.6) is 0 Å². The van der Waals surface area contributed by atoms with Crippen LogP contribution in [0.3, 0.4) is 0 Å². The van der Waals surface area contributed by atoms with Crippen molar-refractivity contribution in [2.75, 3.05) is 14.2 Å². The van der Waals surface area contributed by atoms with Gasteiger partial charge in [0.2, 0.25) is 17.8 Å². The van der Waals surface area contributed by atoms with Crippen LogP contribution in [-0.2, 0) is 38.3 Å². The summed E-state index contributed by atoms with van der Waals surface area (Å²) >= 11 is 0. The minimum Gasteiger partial charge on any atom is -0.468 e. The lowest BCUT2D eigenvalue weighted by molar-refractivity contribution is -0.557. The van der Waals surface area contributed by atoms with E-state index in [-0.39, 0.29) is 17.4 Å². The van der Waals surface area contributed by atoms with E-state index >= 15 is 0 Å². The van der Waals surface area contributed by atoms with Crippen LogP contribution in [0.1, 0.15) is 46.0 Å². The first-order valence-corrected chi connectivity index (χ1v) is 10.6. The third-order valence-electron chi connectivity index (χ3n) is 7.31. The maximum Gasteiger partial charge on any atom is 0.448 e. The Bertz CT molecular complexity index is 810. The highest BCUT2D eigenvalue weighted by Gasteiger charge is 2.70. The first kappa shape index (κ1) is 23.3. The van der Waals surface area contributed by atoms with Gasteiger partial charge in [-0.15, -0.1) is 0 Å². The summed E-state index contributed by atoms with van der Waals surface area (Å²) in [6.07, 6.45) is -4.78. The number of alkyl halides is 3. The van der Waals surface area contributed by atoms with Crippen molar-refractivity contribution < 1.29 is 51.5 Å². The van der Waals surface area contributed by atoms with Crippen molar-refractivity contribution in [3.05, 3.63) is 11.3 Å². The van der Waals surface area contributed by atoms with Crippen molar-refractivity contribution >= 4 is 11.9 Å². The standard InChI is InChI=1S/C21H27F3O8/c1-10-5-6-14-11(9-12(16(25)27-3)17(26)28-4)15(21(22,23)24)29-18-20(14)13(10)7-8-19(2,30-18)31-32-20/h10,12-14,18H,5-9H2,1-4H3/t10-,13?,14+,18-,19+,20?/m1/s1. The number of carbonyl (C=O) groups excluding carboxylic acids is 2. The fraction of sp³-hybridized carbons (Fsp3) is 0.810. The maximum absolute atomic E-state index is 14.2. The average molecular weight is 464 g/mol. The van der Waals surface area contributed by atoms with E-state index < -0.39 is 59.8 Å². The summed E-state index contributed by atoms with van der Waals surface area (Å²) in [5.41, 5.74) is -1.56. The van der Waals surface area contributed by atoms with Crippen molar-refractivity contribution in [1.82, 2.24) is 0 Å². The van der Waals surface area contributed by atoms with Gasteiger partial charge >= 0.3 is 18.1 Å². The largest absolute Gasteiger partial charge is 0.468 e. The number of rotatable bonds is 4. The molecule has 11 heteroatoms. The molecule has 6 atom stereocenters. The summed E-state index contributed by atoms with van der Waals surface area (Å²) < 4.78 is 63.2. The highest BCUT2D eigenvalue weighted by Crippen LogP contribution is 2.62. The van der Waals surface area contributed by atoms with E-state index in [1.807, 2.05) is 6.92 Å². The Morgan fingerprint density at radius 1 is 1.12 bits per heavy atom. The lowest BCUT2D eigenvalue weighted by Gasteiger charge is -2.57. The van der Waals surface area contributed by atoms with Crippen LogP contribution < -0.4 is 0 Å². The average Bonchev–Trinajstić information content (AvgIpc) is 2.97. The Labute approximate surface area is 183 Å². The maximum atomic E-state index is 14.2. The van der Waals surface area contributed by atoms with Gasteiger partial charge in [0.25, 0.3) is 0 Å². The zero-order valence-corrected chi connectivity index (χ0v) is 18.3. The molecule has 0 aromatic heterocycles. The van der Waals surface area contributed by atoms with E-state index in [0.717, 1.165) is 14.2 Å². The third kappa shape index (κ3) is 3.49. The van der Waals surface area contributed by atoms with Crippen LogP contribution in [0.2, 0.25) is 0 Å². The fourth-order valence-corrected chi connectivity index (χ4v) is 5.74. The Morgan fingerprint density at radius 2 is 1.78 bits per heavy atom. The zero-order valence-electron chi connectivity index (χ0n) is 18.3. The van der Waals surface area contributed by atoms with E-state index in [9.17, 15) is 22.8 Å². The molecule has 1 saturated carbocycles. The van der Waals surface area contributed by atoms with E-state index in [4.69, 9.17) is 19.2 Å². The number of carbonyl (C=O) groups is 2. The SMILES string of the molecule is COC(=O)C(CC1=C(C(F)(F)F)O[C@@H]2O[C@]3(C)CCC4[C@H](C)CC[C@@H]1C42OO3)C(=O)OC. The molecule has 3 saturated heterocycles. The lowest BCUT2D eigenvalue weighted by Crippen LogP contribution is -2.67. The van der Waals surface area contributed by atoms with Crippen LogP contribution in [0, 0.1) is 23.7 Å². The molecule has 2 unspecified atom stereocenters. The second kappa shape index (κ2) is 7.88. The van der Waals surface area contributed by atoms with Gasteiger partial charge in [0.15, 0.2) is 11.5 Å².